The van der Waals surface area contributed by atoms with Crippen molar-refractivity contribution in [2.75, 3.05) is 10.6 Å². The first-order chi connectivity index (χ1) is 11.6. The van der Waals surface area contributed by atoms with Gasteiger partial charge in [-0.1, -0.05) is 29.8 Å². The number of aromatic nitrogens is 2. The largest absolute Gasteiger partial charge is 0.383 e. The fraction of sp³-hybridized carbons (Fsp3) is 0. The minimum atomic E-state index is -0.501. The van der Waals surface area contributed by atoms with Gasteiger partial charge in [0, 0.05) is 5.02 Å². The SMILES string of the molecule is Nc1c2c(nn1-c1ccccc1)C(=O)N(c1ccc(Cl)cc1)C2=O. The lowest BCUT2D eigenvalue weighted by Gasteiger charge is -2.14. The maximum atomic E-state index is 12.7. The molecule has 0 bridgehead atoms. The molecule has 7 heteroatoms. The number of rotatable bonds is 2. The molecule has 0 saturated carbocycles. The summed E-state index contributed by atoms with van der Waals surface area (Å²) >= 11 is 5.85. The van der Waals surface area contributed by atoms with Gasteiger partial charge in [0.2, 0.25) is 0 Å². The highest BCUT2D eigenvalue weighted by atomic mass is 35.5. The molecule has 0 radical (unpaired) electrons. The number of halogens is 1. The van der Waals surface area contributed by atoms with E-state index in [9.17, 15) is 9.59 Å². The van der Waals surface area contributed by atoms with Gasteiger partial charge in [-0.25, -0.2) is 9.58 Å². The monoisotopic (exact) mass is 338 g/mol. The normalized spacial score (nSPS) is 13.5. The summed E-state index contributed by atoms with van der Waals surface area (Å²) < 4.78 is 1.40. The van der Waals surface area contributed by atoms with Crippen molar-refractivity contribution >= 4 is 34.9 Å². The number of hydrogen-bond donors (Lipinski definition) is 1. The maximum absolute atomic E-state index is 12.7. The van der Waals surface area contributed by atoms with E-state index in [1.165, 1.54) is 4.68 Å². The van der Waals surface area contributed by atoms with Crippen molar-refractivity contribution in [1.82, 2.24) is 9.78 Å². The summed E-state index contributed by atoms with van der Waals surface area (Å²) in [6, 6.07) is 15.5. The Morgan fingerprint density at radius 1 is 0.875 bits per heavy atom. The standard InChI is InChI=1S/C17H11ClN4O2/c18-10-6-8-11(9-7-10)21-16(23)13-14(17(21)24)20-22(15(13)19)12-4-2-1-3-5-12/h1-9H,19H2. The van der Waals surface area contributed by atoms with Gasteiger partial charge in [0.05, 0.1) is 11.4 Å². The number of nitrogens with two attached hydrogens (primary N) is 1. The zero-order valence-electron chi connectivity index (χ0n) is 12.3. The second-order valence-corrected chi connectivity index (χ2v) is 5.71. The number of hydrogen-bond acceptors (Lipinski definition) is 4. The van der Waals surface area contributed by atoms with Gasteiger partial charge in [0.25, 0.3) is 11.8 Å². The Balaban J connectivity index is 1.80. The Labute approximate surface area is 142 Å². The predicted molar refractivity (Wildman–Crippen MR) is 90.6 cm³/mol. The molecule has 3 aromatic rings. The quantitative estimate of drug-likeness (QED) is 0.728. The summed E-state index contributed by atoms with van der Waals surface area (Å²) in [7, 11) is 0. The molecule has 1 aliphatic heterocycles. The molecule has 0 unspecified atom stereocenters. The molecule has 0 fully saturated rings. The van der Waals surface area contributed by atoms with Crippen molar-refractivity contribution in [1.29, 1.82) is 0 Å². The van der Waals surface area contributed by atoms with Crippen molar-refractivity contribution in [3.05, 3.63) is 70.9 Å². The number of carbonyl (C=O) groups excluding carboxylic acids is 2. The fourth-order valence-electron chi connectivity index (χ4n) is 2.69. The molecule has 0 spiro atoms. The van der Waals surface area contributed by atoms with E-state index in [1.54, 1.807) is 36.4 Å². The lowest BCUT2D eigenvalue weighted by molar-refractivity contribution is 0.0923. The highest BCUT2D eigenvalue weighted by molar-refractivity contribution is 6.35. The summed E-state index contributed by atoms with van der Waals surface area (Å²) in [5.41, 5.74) is 7.37. The molecule has 0 saturated heterocycles. The van der Waals surface area contributed by atoms with Gasteiger partial charge in [-0.2, -0.15) is 5.10 Å². The average molecular weight is 339 g/mol. The van der Waals surface area contributed by atoms with Gasteiger partial charge < -0.3 is 5.73 Å². The number of fused-ring (bicyclic) bond motifs is 1. The highest BCUT2D eigenvalue weighted by Gasteiger charge is 2.42. The van der Waals surface area contributed by atoms with Crippen LogP contribution in [0.3, 0.4) is 0 Å². The lowest BCUT2D eigenvalue weighted by Crippen LogP contribution is -2.30. The lowest BCUT2D eigenvalue weighted by atomic mass is 10.2. The van der Waals surface area contributed by atoms with E-state index in [4.69, 9.17) is 17.3 Å². The number of anilines is 2. The molecule has 118 valence electrons. The summed E-state index contributed by atoms with van der Waals surface area (Å²) in [6.07, 6.45) is 0. The van der Waals surface area contributed by atoms with Gasteiger partial charge in [0.15, 0.2) is 5.69 Å². The molecule has 24 heavy (non-hydrogen) atoms. The van der Waals surface area contributed by atoms with E-state index in [0.29, 0.717) is 16.4 Å². The molecule has 0 atom stereocenters. The van der Waals surface area contributed by atoms with E-state index in [2.05, 4.69) is 5.10 Å². The van der Waals surface area contributed by atoms with Crippen LogP contribution in [0.25, 0.3) is 5.69 Å². The summed E-state index contributed by atoms with van der Waals surface area (Å²) in [4.78, 5) is 26.4. The molecular formula is C17H11ClN4O2. The van der Waals surface area contributed by atoms with Crippen LogP contribution in [0, 0.1) is 0 Å². The molecule has 1 aliphatic rings. The van der Waals surface area contributed by atoms with Crippen molar-refractivity contribution in [3.63, 3.8) is 0 Å². The zero-order chi connectivity index (χ0) is 16.8. The average Bonchev–Trinajstić information content (AvgIpc) is 3.06. The first-order valence-corrected chi connectivity index (χ1v) is 7.54. The molecule has 0 aliphatic carbocycles. The van der Waals surface area contributed by atoms with Crippen LogP contribution in [0.15, 0.2) is 54.6 Å². The summed E-state index contributed by atoms with van der Waals surface area (Å²) in [5, 5.41) is 4.76. The Kier molecular flexibility index (Phi) is 3.14. The van der Waals surface area contributed by atoms with Crippen LogP contribution in [0.2, 0.25) is 5.02 Å². The fourth-order valence-corrected chi connectivity index (χ4v) is 2.82. The van der Waals surface area contributed by atoms with Crippen LogP contribution >= 0.6 is 11.6 Å². The molecule has 2 aromatic carbocycles. The molecule has 6 nitrogen and oxygen atoms in total. The Bertz CT molecular complexity index is 964. The molecule has 2 heterocycles. The minimum absolute atomic E-state index is 0.0521. The highest BCUT2D eigenvalue weighted by Crippen LogP contribution is 2.33. The molecule has 2 N–H and O–H groups in total. The van der Waals surface area contributed by atoms with Crippen LogP contribution in [0.1, 0.15) is 20.8 Å². The van der Waals surface area contributed by atoms with Gasteiger partial charge in [-0.3, -0.25) is 9.59 Å². The van der Waals surface area contributed by atoms with Crippen molar-refractivity contribution in [2.45, 2.75) is 0 Å². The third kappa shape index (κ3) is 2.00. The van der Waals surface area contributed by atoms with Crippen LogP contribution in [0.5, 0.6) is 0 Å². The van der Waals surface area contributed by atoms with Crippen LogP contribution < -0.4 is 10.6 Å². The smallest absolute Gasteiger partial charge is 0.286 e. The summed E-state index contributed by atoms with van der Waals surface area (Å²) in [5.74, 6) is -0.846. The second-order valence-electron chi connectivity index (χ2n) is 5.28. The van der Waals surface area contributed by atoms with Crippen molar-refractivity contribution < 1.29 is 9.59 Å². The van der Waals surface area contributed by atoms with Crippen molar-refractivity contribution in [3.8, 4) is 5.69 Å². The van der Waals surface area contributed by atoms with E-state index >= 15 is 0 Å². The number of amides is 2. The molecule has 1 aromatic heterocycles. The number of para-hydroxylation sites is 1. The van der Waals surface area contributed by atoms with Gasteiger partial charge >= 0.3 is 0 Å². The molecular weight excluding hydrogens is 328 g/mol. The predicted octanol–water partition coefficient (Wildman–Crippen LogP) is 2.91. The molecule has 2 amide bonds. The number of nitrogens with zero attached hydrogens (tertiary/aromatic N) is 3. The third-order valence-electron chi connectivity index (χ3n) is 3.83. The summed E-state index contributed by atoms with van der Waals surface area (Å²) in [6.45, 7) is 0. The molecule has 4 rings (SSSR count). The van der Waals surface area contributed by atoms with Gasteiger partial charge in [-0.15, -0.1) is 0 Å². The van der Waals surface area contributed by atoms with Crippen LogP contribution in [-0.4, -0.2) is 21.6 Å². The van der Waals surface area contributed by atoms with E-state index < -0.39 is 11.8 Å². The third-order valence-corrected chi connectivity index (χ3v) is 4.08. The topological polar surface area (TPSA) is 81.2 Å². The zero-order valence-corrected chi connectivity index (χ0v) is 13.1. The Hall–Kier alpha value is -3.12. The number of imide groups is 1. The van der Waals surface area contributed by atoms with Gasteiger partial charge in [-0.05, 0) is 36.4 Å². The van der Waals surface area contributed by atoms with E-state index in [0.717, 1.165) is 4.90 Å². The number of nitrogen functional groups attached to an aromatic ring is 1. The Morgan fingerprint density at radius 2 is 1.54 bits per heavy atom. The number of carbonyl (C=O) groups is 2. The van der Waals surface area contributed by atoms with E-state index in [1.807, 2.05) is 18.2 Å². The van der Waals surface area contributed by atoms with Gasteiger partial charge in [0.1, 0.15) is 11.4 Å². The first kappa shape index (κ1) is 14.5. The first-order valence-electron chi connectivity index (χ1n) is 7.16. The van der Waals surface area contributed by atoms with Crippen LogP contribution in [-0.2, 0) is 0 Å². The Morgan fingerprint density at radius 3 is 2.17 bits per heavy atom. The maximum Gasteiger partial charge on any atom is 0.286 e. The van der Waals surface area contributed by atoms with Crippen molar-refractivity contribution in [2.24, 2.45) is 0 Å². The number of benzene rings is 2. The van der Waals surface area contributed by atoms with E-state index in [-0.39, 0.29) is 17.1 Å². The minimum Gasteiger partial charge on any atom is -0.383 e. The second kappa shape index (κ2) is 5.21. The van der Waals surface area contributed by atoms with Crippen LogP contribution in [0.4, 0.5) is 11.5 Å².